The van der Waals surface area contributed by atoms with Gasteiger partial charge in [0.05, 0.1) is 12.2 Å². The van der Waals surface area contributed by atoms with Gasteiger partial charge in [-0.2, -0.15) is 0 Å². The Labute approximate surface area is 114 Å². The van der Waals surface area contributed by atoms with Crippen molar-refractivity contribution in [3.8, 4) is 0 Å². The molecule has 0 spiro atoms. The summed E-state index contributed by atoms with van der Waals surface area (Å²) < 4.78 is 0. The van der Waals surface area contributed by atoms with Gasteiger partial charge < -0.3 is 15.1 Å². The minimum absolute atomic E-state index is 0.0523. The van der Waals surface area contributed by atoms with Crippen molar-refractivity contribution in [1.82, 2.24) is 4.98 Å². The fourth-order valence-electron chi connectivity index (χ4n) is 3.51. The van der Waals surface area contributed by atoms with E-state index in [2.05, 4.69) is 9.88 Å². The Hall–Kier alpha value is -1.13. The van der Waals surface area contributed by atoms with Crippen LogP contribution in [-0.4, -0.2) is 33.9 Å². The lowest BCUT2D eigenvalue weighted by atomic mass is 9.71. The highest BCUT2D eigenvalue weighted by Crippen LogP contribution is 2.40. The van der Waals surface area contributed by atoms with Crippen LogP contribution in [0.4, 0.5) is 5.82 Å². The summed E-state index contributed by atoms with van der Waals surface area (Å²) in [5.41, 5.74) is 0.457. The highest BCUT2D eigenvalue weighted by molar-refractivity contribution is 5.42. The second-order valence-electron chi connectivity index (χ2n) is 5.92. The zero-order valence-corrected chi connectivity index (χ0v) is 11.3. The number of nitrogens with zero attached hydrogens (tertiary/aromatic N) is 2. The molecule has 1 saturated carbocycles. The number of rotatable bonds is 2. The summed E-state index contributed by atoms with van der Waals surface area (Å²) in [5.74, 6) is 1.30. The minimum atomic E-state index is -0.441. The average molecular weight is 262 g/mol. The molecule has 4 heteroatoms. The van der Waals surface area contributed by atoms with Gasteiger partial charge in [-0.25, -0.2) is 4.98 Å². The zero-order valence-electron chi connectivity index (χ0n) is 11.3. The minimum Gasteiger partial charge on any atom is -0.392 e. The van der Waals surface area contributed by atoms with Crippen molar-refractivity contribution in [2.24, 2.45) is 5.92 Å². The van der Waals surface area contributed by atoms with E-state index in [0.29, 0.717) is 5.92 Å². The molecule has 3 rings (SSSR count). The monoisotopic (exact) mass is 262 g/mol. The van der Waals surface area contributed by atoms with Gasteiger partial charge in [0.2, 0.25) is 0 Å². The summed E-state index contributed by atoms with van der Waals surface area (Å²) in [5, 5.41) is 19.9. The normalized spacial score (nSPS) is 31.1. The van der Waals surface area contributed by atoms with Crippen molar-refractivity contribution in [3.05, 3.63) is 23.9 Å². The Morgan fingerprint density at radius 3 is 3.11 bits per heavy atom. The Bertz CT molecular complexity index is 452. The molecule has 0 bridgehead atoms. The lowest BCUT2D eigenvalue weighted by Crippen LogP contribution is -2.53. The SMILES string of the molecule is OCc1ccnc(N2CCC3(O)CCCCC3C2)c1. The molecule has 0 radical (unpaired) electrons. The second kappa shape index (κ2) is 5.10. The van der Waals surface area contributed by atoms with Crippen molar-refractivity contribution in [2.45, 2.75) is 44.3 Å². The van der Waals surface area contributed by atoms with E-state index in [9.17, 15) is 10.2 Å². The van der Waals surface area contributed by atoms with Gasteiger partial charge in [0.25, 0.3) is 0 Å². The van der Waals surface area contributed by atoms with E-state index in [-0.39, 0.29) is 6.61 Å². The molecule has 1 aliphatic carbocycles. The maximum Gasteiger partial charge on any atom is 0.128 e. The third-order valence-electron chi connectivity index (χ3n) is 4.74. The van der Waals surface area contributed by atoms with Crippen LogP contribution in [0.3, 0.4) is 0 Å². The van der Waals surface area contributed by atoms with E-state index in [1.165, 1.54) is 6.42 Å². The lowest BCUT2D eigenvalue weighted by Gasteiger charge is -2.47. The molecule has 2 unspecified atom stereocenters. The van der Waals surface area contributed by atoms with Crippen LogP contribution in [0.25, 0.3) is 0 Å². The number of anilines is 1. The molecular formula is C15H22N2O2. The van der Waals surface area contributed by atoms with Gasteiger partial charge >= 0.3 is 0 Å². The highest BCUT2D eigenvalue weighted by Gasteiger charge is 2.42. The quantitative estimate of drug-likeness (QED) is 0.852. The largest absolute Gasteiger partial charge is 0.392 e. The van der Waals surface area contributed by atoms with Crippen molar-refractivity contribution in [3.63, 3.8) is 0 Å². The molecule has 1 aromatic heterocycles. The molecule has 2 aliphatic rings. The van der Waals surface area contributed by atoms with Gasteiger partial charge in [0.1, 0.15) is 5.82 Å². The number of aliphatic hydroxyl groups is 2. The van der Waals surface area contributed by atoms with Crippen molar-refractivity contribution >= 4 is 5.82 Å². The number of aromatic nitrogens is 1. The van der Waals surface area contributed by atoms with E-state index in [1.807, 2.05) is 12.1 Å². The van der Waals surface area contributed by atoms with Crippen LogP contribution in [-0.2, 0) is 6.61 Å². The number of pyridine rings is 1. The van der Waals surface area contributed by atoms with E-state index in [0.717, 1.165) is 50.2 Å². The van der Waals surface area contributed by atoms with E-state index in [1.54, 1.807) is 6.20 Å². The first kappa shape index (κ1) is 12.9. The molecule has 0 amide bonds. The van der Waals surface area contributed by atoms with Gasteiger partial charge in [-0.15, -0.1) is 0 Å². The third kappa shape index (κ3) is 2.47. The number of aliphatic hydroxyl groups excluding tert-OH is 1. The summed E-state index contributed by atoms with van der Waals surface area (Å²) >= 11 is 0. The Balaban J connectivity index is 1.76. The lowest BCUT2D eigenvalue weighted by molar-refractivity contribution is -0.0613. The summed E-state index contributed by atoms with van der Waals surface area (Å²) in [6, 6.07) is 3.79. The number of fused-ring (bicyclic) bond motifs is 1. The Morgan fingerprint density at radius 2 is 2.26 bits per heavy atom. The fraction of sp³-hybridized carbons (Fsp3) is 0.667. The Morgan fingerprint density at radius 1 is 1.37 bits per heavy atom. The fourth-order valence-corrected chi connectivity index (χ4v) is 3.51. The maximum atomic E-state index is 10.7. The Kier molecular flexibility index (Phi) is 3.46. The van der Waals surface area contributed by atoms with E-state index >= 15 is 0 Å². The number of piperidine rings is 1. The summed E-state index contributed by atoms with van der Waals surface area (Å²) in [6.07, 6.45) is 7.05. The van der Waals surface area contributed by atoms with Gasteiger partial charge in [0, 0.05) is 25.2 Å². The van der Waals surface area contributed by atoms with Gasteiger partial charge in [-0.3, -0.25) is 0 Å². The van der Waals surface area contributed by atoms with Crippen molar-refractivity contribution in [1.29, 1.82) is 0 Å². The molecule has 0 aromatic carbocycles. The molecular weight excluding hydrogens is 240 g/mol. The summed E-state index contributed by atoms with van der Waals surface area (Å²) in [4.78, 5) is 6.66. The number of hydrogen-bond acceptors (Lipinski definition) is 4. The van der Waals surface area contributed by atoms with E-state index in [4.69, 9.17) is 0 Å². The van der Waals surface area contributed by atoms with Crippen LogP contribution in [0.2, 0.25) is 0 Å². The molecule has 1 aromatic rings. The van der Waals surface area contributed by atoms with Crippen LogP contribution in [0.1, 0.15) is 37.7 Å². The van der Waals surface area contributed by atoms with Crippen molar-refractivity contribution in [2.75, 3.05) is 18.0 Å². The molecule has 104 valence electrons. The molecule has 2 heterocycles. The number of hydrogen-bond donors (Lipinski definition) is 2. The molecule has 2 N–H and O–H groups in total. The van der Waals surface area contributed by atoms with Crippen LogP contribution in [0.5, 0.6) is 0 Å². The predicted octanol–water partition coefficient (Wildman–Crippen LogP) is 1.71. The first-order valence-corrected chi connectivity index (χ1v) is 7.24. The van der Waals surface area contributed by atoms with Gasteiger partial charge in [0.15, 0.2) is 0 Å². The second-order valence-corrected chi connectivity index (χ2v) is 5.92. The standard InChI is InChI=1S/C15H22N2O2/c18-11-12-4-7-16-14(9-12)17-8-6-15(19)5-2-1-3-13(15)10-17/h4,7,9,13,18-19H,1-3,5-6,8,10-11H2. The molecule has 4 nitrogen and oxygen atoms in total. The first-order valence-electron chi connectivity index (χ1n) is 7.24. The smallest absolute Gasteiger partial charge is 0.128 e. The van der Waals surface area contributed by atoms with Crippen LogP contribution >= 0.6 is 0 Å². The van der Waals surface area contributed by atoms with Gasteiger partial charge in [-0.1, -0.05) is 12.8 Å². The van der Waals surface area contributed by atoms with Gasteiger partial charge in [-0.05, 0) is 37.0 Å². The highest BCUT2D eigenvalue weighted by atomic mass is 16.3. The van der Waals surface area contributed by atoms with Crippen LogP contribution in [0, 0.1) is 5.92 Å². The summed E-state index contributed by atoms with van der Waals surface area (Å²) in [6.45, 7) is 1.80. The molecule has 1 saturated heterocycles. The van der Waals surface area contributed by atoms with Crippen molar-refractivity contribution < 1.29 is 10.2 Å². The van der Waals surface area contributed by atoms with Crippen LogP contribution in [0.15, 0.2) is 18.3 Å². The zero-order chi connectivity index (χ0) is 13.3. The summed E-state index contributed by atoms with van der Waals surface area (Å²) in [7, 11) is 0. The molecule has 2 fully saturated rings. The third-order valence-corrected chi connectivity index (χ3v) is 4.74. The average Bonchev–Trinajstić information content (AvgIpc) is 2.46. The molecule has 1 aliphatic heterocycles. The topological polar surface area (TPSA) is 56.6 Å². The first-order chi connectivity index (χ1) is 9.21. The maximum absolute atomic E-state index is 10.7. The van der Waals surface area contributed by atoms with Crippen LogP contribution < -0.4 is 4.90 Å². The molecule has 2 atom stereocenters. The predicted molar refractivity (Wildman–Crippen MR) is 73.9 cm³/mol. The van der Waals surface area contributed by atoms with E-state index < -0.39 is 5.60 Å². The molecule has 19 heavy (non-hydrogen) atoms.